The summed E-state index contributed by atoms with van der Waals surface area (Å²) >= 11 is 0. The molecule has 2 aromatic carbocycles. The van der Waals surface area contributed by atoms with Crippen molar-refractivity contribution in [2.75, 3.05) is 69.4 Å². The number of piperidine rings is 1. The molecule has 0 aliphatic carbocycles. The number of aliphatic hydroxyl groups is 1. The molecular weight excluding hydrogens is 538 g/mol. The number of tetrazole rings is 1. The number of rotatable bonds is 11. The third-order valence-corrected chi connectivity index (χ3v) is 8.34. The molecular formula is C30H41N7O5. The number of hydrogen-bond acceptors (Lipinski definition) is 11. The number of aryl methyl sites for hydroxylation is 1. The number of nitrogens with zero attached hydrogens (tertiary/aromatic N) is 6. The van der Waals surface area contributed by atoms with Gasteiger partial charge >= 0.3 is 0 Å². The highest BCUT2D eigenvalue weighted by molar-refractivity contribution is 5.61. The fraction of sp³-hybridized carbons (Fsp3) is 0.567. The minimum Gasteiger partial charge on any atom is -0.490 e. The predicted octanol–water partition coefficient (Wildman–Crippen LogP) is 1.87. The number of ether oxygens (including phenoxy) is 4. The first-order valence-corrected chi connectivity index (χ1v) is 14.8. The van der Waals surface area contributed by atoms with Crippen LogP contribution in [0.3, 0.4) is 0 Å². The van der Waals surface area contributed by atoms with Gasteiger partial charge in [-0.2, -0.15) is 4.80 Å². The first-order chi connectivity index (χ1) is 20.5. The second-order valence-electron chi connectivity index (χ2n) is 11.2. The van der Waals surface area contributed by atoms with Crippen LogP contribution < -0.4 is 24.6 Å². The third-order valence-electron chi connectivity index (χ3n) is 8.34. The van der Waals surface area contributed by atoms with Gasteiger partial charge in [-0.1, -0.05) is 23.3 Å². The molecule has 2 saturated heterocycles. The quantitative estimate of drug-likeness (QED) is 0.324. The van der Waals surface area contributed by atoms with Gasteiger partial charge in [-0.15, -0.1) is 5.10 Å². The molecule has 3 aliphatic rings. The summed E-state index contributed by atoms with van der Waals surface area (Å²) in [6, 6.07) is 14.0. The first-order valence-electron chi connectivity index (χ1n) is 14.8. The molecule has 3 aliphatic heterocycles. The van der Waals surface area contributed by atoms with Gasteiger partial charge in [0.25, 0.3) is 5.95 Å². The molecule has 0 radical (unpaired) electrons. The Morgan fingerprint density at radius 2 is 2.05 bits per heavy atom. The van der Waals surface area contributed by atoms with Crippen LogP contribution >= 0.6 is 0 Å². The average Bonchev–Trinajstić information content (AvgIpc) is 3.66. The molecule has 0 spiro atoms. The lowest BCUT2D eigenvalue weighted by atomic mass is 9.82. The Hall–Kier alpha value is -3.45. The van der Waals surface area contributed by atoms with Gasteiger partial charge in [-0.25, -0.2) is 0 Å². The van der Waals surface area contributed by atoms with E-state index < -0.39 is 11.7 Å². The van der Waals surface area contributed by atoms with Crippen LogP contribution in [0.5, 0.6) is 11.5 Å². The highest BCUT2D eigenvalue weighted by Crippen LogP contribution is 2.36. The first kappa shape index (κ1) is 28.7. The number of aromatic nitrogens is 4. The van der Waals surface area contributed by atoms with Crippen LogP contribution in [0.2, 0.25) is 0 Å². The van der Waals surface area contributed by atoms with E-state index in [-0.39, 0.29) is 6.10 Å². The zero-order valence-electron chi connectivity index (χ0n) is 24.4. The Kier molecular flexibility index (Phi) is 8.75. The molecule has 0 saturated carbocycles. The summed E-state index contributed by atoms with van der Waals surface area (Å²) < 4.78 is 23.8. The van der Waals surface area contributed by atoms with E-state index >= 15 is 0 Å². The Morgan fingerprint density at radius 3 is 2.86 bits per heavy atom. The number of nitrogens with one attached hydrogen (secondary N) is 1. The highest BCUT2D eigenvalue weighted by atomic mass is 16.5. The van der Waals surface area contributed by atoms with Crippen molar-refractivity contribution >= 4 is 11.6 Å². The maximum Gasteiger partial charge on any atom is 0.266 e. The van der Waals surface area contributed by atoms with Gasteiger partial charge in [-0.3, -0.25) is 0 Å². The molecule has 12 nitrogen and oxygen atoms in total. The molecule has 0 unspecified atom stereocenters. The molecule has 0 amide bonds. The minimum absolute atomic E-state index is 0.0376. The molecule has 3 aromatic rings. The summed E-state index contributed by atoms with van der Waals surface area (Å²) in [5.74, 6) is 2.30. The highest BCUT2D eigenvalue weighted by Gasteiger charge is 2.41. The lowest BCUT2D eigenvalue weighted by Gasteiger charge is -2.40. The summed E-state index contributed by atoms with van der Waals surface area (Å²) in [5.41, 5.74) is 1.87. The molecule has 226 valence electrons. The fourth-order valence-electron chi connectivity index (χ4n) is 6.03. The summed E-state index contributed by atoms with van der Waals surface area (Å²) in [7, 11) is 3.49. The maximum atomic E-state index is 11.9. The van der Waals surface area contributed by atoms with Crippen molar-refractivity contribution in [1.82, 2.24) is 25.5 Å². The fourth-order valence-corrected chi connectivity index (χ4v) is 6.03. The summed E-state index contributed by atoms with van der Waals surface area (Å²) in [4.78, 5) is 5.89. The molecule has 12 heteroatoms. The maximum absolute atomic E-state index is 11.9. The minimum atomic E-state index is -1.10. The van der Waals surface area contributed by atoms with E-state index in [9.17, 15) is 5.11 Å². The van der Waals surface area contributed by atoms with Gasteiger partial charge in [-0.05, 0) is 60.0 Å². The predicted molar refractivity (Wildman–Crippen MR) is 157 cm³/mol. The van der Waals surface area contributed by atoms with Crippen LogP contribution in [0.15, 0.2) is 42.5 Å². The van der Waals surface area contributed by atoms with Crippen LogP contribution in [0.1, 0.15) is 30.4 Å². The Labute approximate surface area is 246 Å². The van der Waals surface area contributed by atoms with E-state index in [1.54, 1.807) is 14.2 Å². The molecule has 42 heavy (non-hydrogen) atoms. The van der Waals surface area contributed by atoms with E-state index in [4.69, 9.17) is 18.9 Å². The topological polar surface area (TPSA) is 119 Å². The number of benzene rings is 2. The van der Waals surface area contributed by atoms with E-state index in [0.717, 1.165) is 73.9 Å². The number of fused-ring (bicyclic) bond motifs is 1. The Bertz CT molecular complexity index is 1320. The molecule has 2 N–H and O–H groups in total. The van der Waals surface area contributed by atoms with Gasteiger partial charge in [0.2, 0.25) is 0 Å². The van der Waals surface area contributed by atoms with Crippen LogP contribution in [0.4, 0.5) is 11.6 Å². The largest absolute Gasteiger partial charge is 0.490 e. The number of anilines is 2. The van der Waals surface area contributed by atoms with Gasteiger partial charge in [0.05, 0.1) is 32.4 Å². The molecule has 2 fully saturated rings. The Balaban J connectivity index is 1.08. The van der Waals surface area contributed by atoms with Crippen LogP contribution in [0.25, 0.3) is 0 Å². The third kappa shape index (κ3) is 6.31. The SMILES string of the molecule is COCCCN1CCOc2ccc(CO[C@H]3CNCC[C@]3(O)c3ccc(O[C@H]4CCN(c5nnn(C)n5)C4)cc3)cc21. The molecule has 1 aromatic heterocycles. The van der Waals surface area contributed by atoms with Crippen LogP contribution in [0, 0.1) is 0 Å². The van der Waals surface area contributed by atoms with Crippen molar-refractivity contribution in [1.29, 1.82) is 0 Å². The van der Waals surface area contributed by atoms with E-state index in [1.807, 2.05) is 36.4 Å². The van der Waals surface area contributed by atoms with Crippen LogP contribution in [-0.2, 0) is 28.7 Å². The van der Waals surface area contributed by atoms with Crippen molar-refractivity contribution in [3.05, 3.63) is 53.6 Å². The second kappa shape index (κ2) is 12.8. The van der Waals surface area contributed by atoms with Crippen molar-refractivity contribution in [2.24, 2.45) is 7.05 Å². The van der Waals surface area contributed by atoms with Crippen LogP contribution in [-0.4, -0.2) is 97.1 Å². The van der Waals surface area contributed by atoms with Gasteiger partial charge in [0, 0.05) is 39.8 Å². The van der Waals surface area contributed by atoms with Crippen molar-refractivity contribution in [3.8, 4) is 11.5 Å². The summed E-state index contributed by atoms with van der Waals surface area (Å²) in [6.07, 6.45) is 2.04. The zero-order chi connectivity index (χ0) is 28.9. The molecule has 3 atom stereocenters. The van der Waals surface area contributed by atoms with Gasteiger partial charge in [0.15, 0.2) is 0 Å². The molecule has 0 bridgehead atoms. The van der Waals surface area contributed by atoms with E-state index in [0.29, 0.717) is 38.7 Å². The summed E-state index contributed by atoms with van der Waals surface area (Å²) in [5, 5.41) is 27.6. The monoisotopic (exact) mass is 579 g/mol. The lowest BCUT2D eigenvalue weighted by Crippen LogP contribution is -2.53. The van der Waals surface area contributed by atoms with E-state index in [1.165, 1.54) is 4.80 Å². The molecule has 4 heterocycles. The Morgan fingerprint density at radius 1 is 1.17 bits per heavy atom. The summed E-state index contributed by atoms with van der Waals surface area (Å²) in [6.45, 7) is 6.39. The smallest absolute Gasteiger partial charge is 0.266 e. The van der Waals surface area contributed by atoms with Crippen molar-refractivity contribution < 1.29 is 24.1 Å². The van der Waals surface area contributed by atoms with E-state index in [2.05, 4.69) is 36.6 Å². The standard InChI is InChI=1S/C30H41N7O5/c1-35-33-29(32-34-35)37-14-10-25(20-37)42-24-7-5-23(6-8-24)30(38)11-12-31-19-28(30)41-21-22-4-9-27-26(18-22)36(15-17-40-27)13-3-16-39-2/h4-9,18,25,28,31,38H,3,10-17,19-21H2,1-2H3/t25-,28-,30-/m0/s1. The van der Waals surface area contributed by atoms with Gasteiger partial charge < -0.3 is 39.2 Å². The van der Waals surface area contributed by atoms with Crippen molar-refractivity contribution in [3.63, 3.8) is 0 Å². The average molecular weight is 580 g/mol. The second-order valence-corrected chi connectivity index (χ2v) is 11.2. The zero-order valence-corrected chi connectivity index (χ0v) is 24.4. The number of methoxy groups -OCH3 is 1. The van der Waals surface area contributed by atoms with Gasteiger partial charge in [0.1, 0.15) is 35.9 Å². The lowest BCUT2D eigenvalue weighted by molar-refractivity contribution is -0.134. The normalized spacial score (nSPS) is 24.0. The number of hydrogen-bond donors (Lipinski definition) is 2. The van der Waals surface area contributed by atoms with Crippen molar-refractivity contribution in [2.45, 2.75) is 43.7 Å². The molecule has 6 rings (SSSR count).